The van der Waals surface area contributed by atoms with Crippen molar-refractivity contribution in [3.05, 3.63) is 34.9 Å². The summed E-state index contributed by atoms with van der Waals surface area (Å²) < 4.78 is 5.52. The lowest BCUT2D eigenvalue weighted by Crippen LogP contribution is -2.40. The van der Waals surface area contributed by atoms with Crippen molar-refractivity contribution in [2.45, 2.75) is 26.1 Å². The highest BCUT2D eigenvalue weighted by Gasteiger charge is 2.28. The van der Waals surface area contributed by atoms with Gasteiger partial charge in [-0.15, -0.1) is 0 Å². The third-order valence-corrected chi connectivity index (χ3v) is 4.11. The van der Waals surface area contributed by atoms with Crippen LogP contribution < -0.4 is 5.32 Å². The van der Waals surface area contributed by atoms with Crippen molar-refractivity contribution >= 4 is 17.6 Å². The van der Waals surface area contributed by atoms with E-state index in [1.54, 1.807) is 11.8 Å². The molecule has 2 unspecified atom stereocenters. The molecule has 1 heterocycles. The van der Waals surface area contributed by atoms with Gasteiger partial charge in [-0.1, -0.05) is 23.7 Å². The van der Waals surface area contributed by atoms with E-state index in [0.29, 0.717) is 37.9 Å². The number of likely N-dealkylation sites (tertiary alicyclic amines) is 1. The van der Waals surface area contributed by atoms with Gasteiger partial charge in [0.25, 0.3) is 0 Å². The van der Waals surface area contributed by atoms with E-state index in [9.17, 15) is 9.90 Å². The summed E-state index contributed by atoms with van der Waals surface area (Å²) in [6.45, 7) is 4.48. The van der Waals surface area contributed by atoms with E-state index in [4.69, 9.17) is 16.3 Å². The minimum Gasteiger partial charge on any atom is -0.393 e. The Morgan fingerprint density at radius 3 is 3.09 bits per heavy atom. The third kappa shape index (κ3) is 5.16. The van der Waals surface area contributed by atoms with Crippen molar-refractivity contribution in [1.29, 1.82) is 0 Å². The number of carbonyl (C=O) groups excluding carboxylic acids is 1. The lowest BCUT2D eigenvalue weighted by atomic mass is 10.0. The molecule has 0 saturated carbocycles. The molecule has 2 atom stereocenters. The zero-order valence-electron chi connectivity index (χ0n) is 12.8. The average molecular weight is 327 g/mol. The summed E-state index contributed by atoms with van der Waals surface area (Å²) >= 11 is 5.90. The summed E-state index contributed by atoms with van der Waals surface area (Å²) in [5.41, 5.74) is 1.01. The van der Waals surface area contributed by atoms with Gasteiger partial charge >= 0.3 is 6.03 Å². The Hall–Kier alpha value is -1.30. The molecule has 0 spiro atoms. The molecule has 2 rings (SSSR count). The number of carbonyl (C=O) groups is 1. The zero-order valence-corrected chi connectivity index (χ0v) is 13.6. The third-order valence-electron chi connectivity index (χ3n) is 3.87. The van der Waals surface area contributed by atoms with Crippen LogP contribution in [0.25, 0.3) is 0 Å². The largest absolute Gasteiger partial charge is 0.393 e. The molecule has 122 valence electrons. The number of aliphatic hydroxyl groups excluding tert-OH is 1. The molecular weight excluding hydrogens is 304 g/mol. The highest BCUT2D eigenvalue weighted by Crippen LogP contribution is 2.19. The Labute approximate surface area is 136 Å². The highest BCUT2D eigenvalue weighted by atomic mass is 35.5. The molecule has 0 radical (unpaired) electrons. The van der Waals surface area contributed by atoms with Gasteiger partial charge in [-0.3, -0.25) is 0 Å². The topological polar surface area (TPSA) is 61.8 Å². The van der Waals surface area contributed by atoms with Gasteiger partial charge in [0.15, 0.2) is 0 Å². The van der Waals surface area contributed by atoms with Gasteiger partial charge in [-0.05, 0) is 31.0 Å². The molecule has 6 heteroatoms. The van der Waals surface area contributed by atoms with E-state index in [1.807, 2.05) is 24.3 Å². The molecule has 1 aliphatic heterocycles. The number of rotatable bonds is 6. The Balaban J connectivity index is 1.60. The van der Waals surface area contributed by atoms with E-state index >= 15 is 0 Å². The number of ether oxygens (including phenoxy) is 1. The fourth-order valence-electron chi connectivity index (χ4n) is 2.52. The number of urea groups is 1. The lowest BCUT2D eigenvalue weighted by molar-refractivity contribution is 0.119. The summed E-state index contributed by atoms with van der Waals surface area (Å²) in [4.78, 5) is 13.7. The summed E-state index contributed by atoms with van der Waals surface area (Å²) in [7, 11) is 0. The van der Waals surface area contributed by atoms with Crippen LogP contribution in [0.4, 0.5) is 4.79 Å². The molecule has 0 bridgehead atoms. The van der Waals surface area contributed by atoms with Crippen LogP contribution in [0.3, 0.4) is 0 Å². The van der Waals surface area contributed by atoms with Gasteiger partial charge in [-0.2, -0.15) is 0 Å². The van der Waals surface area contributed by atoms with E-state index < -0.39 is 0 Å². The van der Waals surface area contributed by atoms with Crippen LogP contribution in [0.1, 0.15) is 18.9 Å². The van der Waals surface area contributed by atoms with Crippen LogP contribution in [0.5, 0.6) is 0 Å². The molecule has 0 aromatic heterocycles. The number of nitrogens with zero attached hydrogens (tertiary/aromatic N) is 1. The van der Waals surface area contributed by atoms with Crippen molar-refractivity contribution in [2.24, 2.45) is 5.92 Å². The molecule has 22 heavy (non-hydrogen) atoms. The smallest absolute Gasteiger partial charge is 0.317 e. The van der Waals surface area contributed by atoms with Crippen molar-refractivity contribution in [3.63, 3.8) is 0 Å². The molecule has 1 fully saturated rings. The van der Waals surface area contributed by atoms with E-state index in [-0.39, 0.29) is 18.1 Å². The second kappa shape index (κ2) is 8.36. The molecule has 2 N–H and O–H groups in total. The van der Waals surface area contributed by atoms with E-state index in [1.165, 1.54) is 0 Å². The Kier molecular flexibility index (Phi) is 6.49. The number of nitrogens with one attached hydrogen (secondary N) is 1. The average Bonchev–Trinajstić information content (AvgIpc) is 2.97. The predicted octanol–water partition coefficient (Wildman–Crippen LogP) is 2.27. The maximum atomic E-state index is 12.0. The van der Waals surface area contributed by atoms with E-state index in [2.05, 4.69) is 5.32 Å². The number of halogens is 1. The quantitative estimate of drug-likeness (QED) is 0.788. The maximum absolute atomic E-state index is 12.0. The Morgan fingerprint density at radius 1 is 1.59 bits per heavy atom. The van der Waals surface area contributed by atoms with Gasteiger partial charge < -0.3 is 20.1 Å². The first-order valence-electron chi connectivity index (χ1n) is 7.59. The van der Waals surface area contributed by atoms with Crippen molar-refractivity contribution in [3.8, 4) is 0 Å². The number of hydrogen-bond acceptors (Lipinski definition) is 3. The molecule has 2 amide bonds. The predicted molar refractivity (Wildman–Crippen MR) is 85.9 cm³/mol. The summed E-state index contributed by atoms with van der Waals surface area (Å²) in [6, 6.07) is 7.43. The summed E-state index contributed by atoms with van der Waals surface area (Å²) in [5.74, 6) is 0.185. The van der Waals surface area contributed by atoms with Crippen LogP contribution in [0.2, 0.25) is 5.02 Å². The van der Waals surface area contributed by atoms with Crippen LogP contribution in [0, 0.1) is 5.92 Å². The summed E-state index contributed by atoms with van der Waals surface area (Å²) in [6.07, 6.45) is 0.495. The normalized spacial score (nSPS) is 19.2. The van der Waals surface area contributed by atoms with Gasteiger partial charge in [0.1, 0.15) is 0 Å². The number of amides is 2. The number of hydrogen-bond donors (Lipinski definition) is 2. The molecule has 1 aromatic carbocycles. The van der Waals surface area contributed by atoms with Crippen LogP contribution in [0.15, 0.2) is 24.3 Å². The minimum atomic E-state index is -0.362. The Morgan fingerprint density at radius 2 is 2.41 bits per heavy atom. The maximum Gasteiger partial charge on any atom is 0.317 e. The Bertz CT molecular complexity index is 496. The van der Waals surface area contributed by atoms with E-state index in [0.717, 1.165) is 12.0 Å². The highest BCUT2D eigenvalue weighted by molar-refractivity contribution is 6.30. The van der Waals surface area contributed by atoms with Crippen molar-refractivity contribution < 1.29 is 14.6 Å². The van der Waals surface area contributed by atoms with Crippen LogP contribution in [-0.2, 0) is 11.3 Å². The van der Waals surface area contributed by atoms with Crippen molar-refractivity contribution in [2.75, 3.05) is 26.2 Å². The first-order valence-corrected chi connectivity index (χ1v) is 7.97. The fraction of sp³-hybridized carbons (Fsp3) is 0.562. The zero-order chi connectivity index (χ0) is 15.9. The second-order valence-electron chi connectivity index (χ2n) is 5.65. The minimum absolute atomic E-state index is 0.0884. The SMILES string of the molecule is CC(O)C1CCN(C(=O)NCCOCc2cccc(Cl)c2)C1. The van der Waals surface area contributed by atoms with Crippen molar-refractivity contribution in [1.82, 2.24) is 10.2 Å². The van der Waals surface area contributed by atoms with Gasteiger partial charge in [0, 0.05) is 30.6 Å². The molecule has 1 saturated heterocycles. The lowest BCUT2D eigenvalue weighted by Gasteiger charge is -2.18. The first-order chi connectivity index (χ1) is 10.6. The standard InChI is InChI=1S/C16H23ClN2O3/c1-12(20)14-5-7-19(10-14)16(21)18-6-8-22-11-13-3-2-4-15(17)9-13/h2-4,9,12,14,20H,5-8,10-11H2,1H3,(H,18,21). The second-order valence-corrected chi connectivity index (χ2v) is 6.09. The molecular formula is C16H23ClN2O3. The monoisotopic (exact) mass is 326 g/mol. The van der Waals surface area contributed by atoms with Gasteiger partial charge in [-0.25, -0.2) is 4.79 Å². The number of benzene rings is 1. The molecule has 1 aromatic rings. The molecule has 5 nitrogen and oxygen atoms in total. The van der Waals surface area contributed by atoms with Crippen LogP contribution >= 0.6 is 11.6 Å². The van der Waals surface area contributed by atoms with Crippen LogP contribution in [-0.4, -0.2) is 48.4 Å². The van der Waals surface area contributed by atoms with Gasteiger partial charge in [0.2, 0.25) is 0 Å². The fourth-order valence-corrected chi connectivity index (χ4v) is 2.74. The first kappa shape index (κ1) is 17.1. The number of aliphatic hydroxyl groups is 1. The molecule has 1 aliphatic rings. The van der Waals surface area contributed by atoms with Gasteiger partial charge in [0.05, 0.1) is 19.3 Å². The summed E-state index contributed by atoms with van der Waals surface area (Å²) in [5, 5.41) is 13.1. The molecule has 0 aliphatic carbocycles.